The molecule has 1 aromatic rings. The Labute approximate surface area is 148 Å². The van der Waals surface area contributed by atoms with Crippen LogP contribution in [0.25, 0.3) is 0 Å². The van der Waals surface area contributed by atoms with Gasteiger partial charge in [0, 0.05) is 0 Å². The average molecular weight is 331 g/mol. The van der Waals surface area contributed by atoms with Crippen LogP contribution in [0.3, 0.4) is 0 Å². The third-order valence-electron chi connectivity index (χ3n) is 5.36. The number of carbonyl (C=O) groups excluding carboxylic acids is 1. The largest absolute Gasteiger partial charge is 0.426 e. The fourth-order valence-electron chi connectivity index (χ4n) is 3.68. The molecule has 1 aromatic carbocycles. The molecular weight excluding hydrogens is 296 g/mol. The summed E-state index contributed by atoms with van der Waals surface area (Å²) in [5.41, 5.74) is 1.33. The fraction of sp³-hybridized carbons (Fsp3) is 0.682. The van der Waals surface area contributed by atoms with E-state index in [1.165, 1.54) is 56.9 Å². The lowest BCUT2D eigenvalue weighted by molar-refractivity contribution is -0.140. The molecule has 0 spiro atoms. The van der Waals surface area contributed by atoms with E-state index in [9.17, 15) is 4.79 Å². The van der Waals surface area contributed by atoms with Crippen molar-refractivity contribution in [3.05, 3.63) is 29.8 Å². The monoisotopic (exact) mass is 330 g/mol. The third-order valence-corrected chi connectivity index (χ3v) is 5.36. The van der Waals surface area contributed by atoms with E-state index < -0.39 is 0 Å². The Morgan fingerprint density at radius 3 is 2.25 bits per heavy atom. The zero-order valence-electron chi connectivity index (χ0n) is 15.6. The molecule has 0 saturated heterocycles. The first kappa shape index (κ1) is 19.0. The summed E-state index contributed by atoms with van der Waals surface area (Å²) >= 11 is 0. The Kier molecular flexibility index (Phi) is 8.35. The molecule has 0 radical (unpaired) electrons. The number of aryl methyl sites for hydroxylation is 1. The predicted octanol–water partition coefficient (Wildman–Crippen LogP) is 6.32. The van der Waals surface area contributed by atoms with Crippen LogP contribution in [-0.4, -0.2) is 5.97 Å². The summed E-state index contributed by atoms with van der Waals surface area (Å²) in [6.07, 6.45) is 13.2. The van der Waals surface area contributed by atoms with Crippen LogP contribution < -0.4 is 4.74 Å². The minimum atomic E-state index is -0.0253. The first-order valence-electron chi connectivity index (χ1n) is 10.0. The summed E-state index contributed by atoms with van der Waals surface area (Å²) in [5, 5.41) is 0. The topological polar surface area (TPSA) is 26.3 Å². The normalized spacial score (nSPS) is 20.8. The van der Waals surface area contributed by atoms with Crippen molar-refractivity contribution in [2.45, 2.75) is 84.5 Å². The summed E-state index contributed by atoms with van der Waals surface area (Å²) in [4.78, 5) is 12.4. The first-order chi connectivity index (χ1) is 11.7. The van der Waals surface area contributed by atoms with E-state index in [4.69, 9.17) is 4.74 Å². The number of hydrogen-bond donors (Lipinski definition) is 0. The Balaban J connectivity index is 1.74. The van der Waals surface area contributed by atoms with Gasteiger partial charge >= 0.3 is 5.97 Å². The highest BCUT2D eigenvalue weighted by Gasteiger charge is 2.27. The number of esters is 1. The van der Waals surface area contributed by atoms with Crippen LogP contribution in [0.15, 0.2) is 24.3 Å². The molecule has 0 atom stereocenters. The summed E-state index contributed by atoms with van der Waals surface area (Å²) in [7, 11) is 0. The van der Waals surface area contributed by atoms with Gasteiger partial charge in [-0.2, -0.15) is 0 Å². The molecule has 0 aromatic heterocycles. The molecule has 0 heterocycles. The average Bonchev–Trinajstić information content (AvgIpc) is 2.62. The maximum absolute atomic E-state index is 12.4. The lowest BCUT2D eigenvalue weighted by atomic mass is 9.80. The van der Waals surface area contributed by atoms with Gasteiger partial charge in [0.05, 0.1) is 5.92 Å². The molecule has 0 N–H and O–H groups in total. The van der Waals surface area contributed by atoms with Crippen LogP contribution in [-0.2, 0) is 11.2 Å². The van der Waals surface area contributed by atoms with E-state index in [1.54, 1.807) is 0 Å². The third kappa shape index (κ3) is 6.30. The summed E-state index contributed by atoms with van der Waals surface area (Å²) < 4.78 is 5.61. The van der Waals surface area contributed by atoms with Crippen molar-refractivity contribution in [2.24, 2.45) is 11.8 Å². The van der Waals surface area contributed by atoms with Gasteiger partial charge in [0.1, 0.15) is 5.75 Å². The van der Waals surface area contributed by atoms with Crippen molar-refractivity contribution < 1.29 is 9.53 Å². The number of hydrogen-bond acceptors (Lipinski definition) is 2. The highest BCUT2D eigenvalue weighted by Crippen LogP contribution is 2.32. The van der Waals surface area contributed by atoms with Crippen LogP contribution in [0.2, 0.25) is 0 Å². The molecule has 1 saturated carbocycles. The van der Waals surface area contributed by atoms with Crippen molar-refractivity contribution >= 4 is 5.97 Å². The van der Waals surface area contributed by atoms with Crippen molar-refractivity contribution in [1.82, 2.24) is 0 Å². The van der Waals surface area contributed by atoms with Gasteiger partial charge in [0.15, 0.2) is 0 Å². The smallest absolute Gasteiger partial charge is 0.314 e. The van der Waals surface area contributed by atoms with Crippen LogP contribution in [0.1, 0.15) is 83.6 Å². The standard InChI is InChI=1S/C22H34O2/c1-3-5-7-9-19-12-16-21(17-13-19)24-22(23)20-14-10-18(11-15-20)8-6-4-2/h12-13,16-18,20H,3-11,14-15H2,1-2H3. The van der Waals surface area contributed by atoms with Crippen molar-refractivity contribution in [1.29, 1.82) is 0 Å². The van der Waals surface area contributed by atoms with Gasteiger partial charge in [0.2, 0.25) is 0 Å². The minimum absolute atomic E-state index is 0.0253. The Bertz CT molecular complexity index is 469. The van der Waals surface area contributed by atoms with Crippen LogP contribution in [0.4, 0.5) is 0 Å². The highest BCUT2D eigenvalue weighted by molar-refractivity contribution is 5.75. The van der Waals surface area contributed by atoms with Crippen LogP contribution in [0.5, 0.6) is 5.75 Å². The van der Waals surface area contributed by atoms with Crippen molar-refractivity contribution in [3.63, 3.8) is 0 Å². The van der Waals surface area contributed by atoms with E-state index in [-0.39, 0.29) is 11.9 Å². The fourth-order valence-corrected chi connectivity index (χ4v) is 3.68. The Morgan fingerprint density at radius 2 is 1.62 bits per heavy atom. The van der Waals surface area contributed by atoms with Crippen LogP contribution >= 0.6 is 0 Å². The second-order valence-electron chi connectivity index (χ2n) is 7.38. The van der Waals surface area contributed by atoms with E-state index in [0.29, 0.717) is 5.75 Å². The SMILES string of the molecule is CCCCCc1ccc(OC(=O)C2CCC(CCCC)CC2)cc1. The number of carbonyl (C=O) groups is 1. The molecular formula is C22H34O2. The predicted molar refractivity (Wildman–Crippen MR) is 100 cm³/mol. The lowest BCUT2D eigenvalue weighted by Gasteiger charge is -2.27. The van der Waals surface area contributed by atoms with Gasteiger partial charge in [-0.1, -0.05) is 58.1 Å². The quantitative estimate of drug-likeness (QED) is 0.301. The summed E-state index contributed by atoms with van der Waals surface area (Å²) in [6.45, 7) is 4.47. The lowest BCUT2D eigenvalue weighted by Crippen LogP contribution is -2.25. The second-order valence-corrected chi connectivity index (χ2v) is 7.38. The van der Waals surface area contributed by atoms with E-state index in [0.717, 1.165) is 25.2 Å². The molecule has 0 amide bonds. The minimum Gasteiger partial charge on any atom is -0.426 e. The summed E-state index contributed by atoms with van der Waals surface area (Å²) in [6, 6.07) is 8.10. The van der Waals surface area contributed by atoms with Crippen molar-refractivity contribution in [2.75, 3.05) is 0 Å². The van der Waals surface area contributed by atoms with E-state index in [2.05, 4.69) is 26.0 Å². The van der Waals surface area contributed by atoms with Gasteiger partial charge in [-0.3, -0.25) is 4.79 Å². The van der Waals surface area contributed by atoms with Gasteiger partial charge in [0.25, 0.3) is 0 Å². The molecule has 2 heteroatoms. The zero-order chi connectivity index (χ0) is 17.2. The zero-order valence-corrected chi connectivity index (χ0v) is 15.6. The first-order valence-corrected chi connectivity index (χ1v) is 10.0. The van der Waals surface area contributed by atoms with E-state index >= 15 is 0 Å². The van der Waals surface area contributed by atoms with Gasteiger partial charge in [-0.15, -0.1) is 0 Å². The molecule has 2 rings (SSSR count). The Morgan fingerprint density at radius 1 is 0.958 bits per heavy atom. The van der Waals surface area contributed by atoms with Crippen LogP contribution in [0, 0.1) is 11.8 Å². The van der Waals surface area contributed by atoms with Crippen molar-refractivity contribution in [3.8, 4) is 5.75 Å². The number of benzene rings is 1. The molecule has 0 bridgehead atoms. The number of unbranched alkanes of at least 4 members (excludes halogenated alkanes) is 3. The maximum atomic E-state index is 12.4. The number of rotatable bonds is 9. The molecule has 0 unspecified atom stereocenters. The molecule has 2 nitrogen and oxygen atoms in total. The Hall–Kier alpha value is -1.31. The molecule has 24 heavy (non-hydrogen) atoms. The van der Waals surface area contributed by atoms with Gasteiger partial charge in [-0.05, 0) is 62.1 Å². The number of ether oxygens (including phenoxy) is 1. The highest BCUT2D eigenvalue weighted by atomic mass is 16.5. The molecule has 0 aliphatic heterocycles. The summed E-state index contributed by atoms with van der Waals surface area (Å²) in [5.74, 6) is 1.61. The van der Waals surface area contributed by atoms with Gasteiger partial charge in [-0.25, -0.2) is 0 Å². The van der Waals surface area contributed by atoms with E-state index in [1.807, 2.05) is 12.1 Å². The molecule has 134 valence electrons. The molecule has 1 aliphatic rings. The van der Waals surface area contributed by atoms with Gasteiger partial charge < -0.3 is 4.74 Å². The molecule has 1 aliphatic carbocycles. The second kappa shape index (κ2) is 10.5. The maximum Gasteiger partial charge on any atom is 0.314 e. The molecule has 1 fully saturated rings.